The van der Waals surface area contributed by atoms with Crippen LogP contribution in [0.5, 0.6) is 5.75 Å². The van der Waals surface area contributed by atoms with Crippen molar-refractivity contribution in [3.05, 3.63) is 36.3 Å². The van der Waals surface area contributed by atoms with Crippen LogP contribution in [-0.4, -0.2) is 51.2 Å². The summed E-state index contributed by atoms with van der Waals surface area (Å²) >= 11 is 0. The highest BCUT2D eigenvalue weighted by atomic mass is 16.5. The first-order valence-corrected chi connectivity index (χ1v) is 10.6. The van der Waals surface area contributed by atoms with Gasteiger partial charge in [0.15, 0.2) is 22.6 Å². The van der Waals surface area contributed by atoms with Crippen molar-refractivity contribution in [3.8, 4) is 11.6 Å². The molecule has 5 aromatic heterocycles. The maximum absolute atomic E-state index is 5.94. The SMILES string of the molecule is COc1ccnc2c1nc(N)n2C1CCC1.Cc1ccc2nc(N)n(-c3cn(C)nn3)c2n1. The Morgan fingerprint density at radius 1 is 1.03 bits per heavy atom. The van der Waals surface area contributed by atoms with Crippen LogP contribution in [0.1, 0.15) is 31.0 Å². The van der Waals surface area contributed by atoms with Crippen LogP contribution in [0, 0.1) is 6.92 Å². The average molecular weight is 448 g/mol. The Morgan fingerprint density at radius 3 is 2.52 bits per heavy atom. The molecular weight excluding hydrogens is 422 g/mol. The number of hydrogen-bond acceptors (Lipinski definition) is 9. The molecule has 5 aromatic rings. The minimum Gasteiger partial charge on any atom is -0.494 e. The van der Waals surface area contributed by atoms with Crippen molar-refractivity contribution in [2.75, 3.05) is 18.6 Å². The van der Waals surface area contributed by atoms with Crippen molar-refractivity contribution in [3.63, 3.8) is 0 Å². The van der Waals surface area contributed by atoms with Crippen molar-refractivity contribution in [2.45, 2.75) is 32.2 Å². The topological polar surface area (TPSA) is 153 Å². The van der Waals surface area contributed by atoms with Gasteiger partial charge in [0.05, 0.1) is 13.3 Å². The fourth-order valence-corrected chi connectivity index (χ4v) is 3.89. The largest absolute Gasteiger partial charge is 0.494 e. The van der Waals surface area contributed by atoms with Crippen LogP contribution in [0.2, 0.25) is 0 Å². The monoisotopic (exact) mass is 447 g/mol. The standard InChI is InChI=1S/C11H14N4O.C10H11N7/c1-16-8-5-6-13-10-9(8)14-11(12)15(10)7-3-2-4-7;1-6-3-4-7-9(12-6)17(10(11)13-7)8-5-16(2)15-14-8/h5-7H,2-4H2,1H3,(H2,12,14);3-5H,1-2H3,(H2,11,13). The molecule has 170 valence electrons. The van der Waals surface area contributed by atoms with Crippen molar-refractivity contribution >= 4 is 34.2 Å². The van der Waals surface area contributed by atoms with Crippen LogP contribution in [-0.2, 0) is 7.05 Å². The van der Waals surface area contributed by atoms with E-state index < -0.39 is 0 Å². The van der Waals surface area contributed by atoms with Gasteiger partial charge in [0.25, 0.3) is 0 Å². The van der Waals surface area contributed by atoms with Crippen molar-refractivity contribution in [2.24, 2.45) is 7.05 Å². The van der Waals surface area contributed by atoms with Gasteiger partial charge in [-0.1, -0.05) is 5.21 Å². The zero-order chi connectivity index (χ0) is 23.1. The first-order chi connectivity index (χ1) is 16.0. The number of anilines is 2. The van der Waals surface area contributed by atoms with Gasteiger partial charge >= 0.3 is 0 Å². The summed E-state index contributed by atoms with van der Waals surface area (Å²) in [5.41, 5.74) is 15.8. The van der Waals surface area contributed by atoms with E-state index in [1.54, 1.807) is 41.9 Å². The molecule has 0 aromatic carbocycles. The van der Waals surface area contributed by atoms with E-state index in [0.717, 1.165) is 41.0 Å². The Balaban J connectivity index is 0.000000139. The Morgan fingerprint density at radius 2 is 1.85 bits per heavy atom. The zero-order valence-electron chi connectivity index (χ0n) is 18.7. The predicted octanol–water partition coefficient (Wildman–Crippen LogP) is 2.19. The van der Waals surface area contributed by atoms with Gasteiger partial charge in [0.2, 0.25) is 11.9 Å². The number of rotatable bonds is 3. The van der Waals surface area contributed by atoms with E-state index in [0.29, 0.717) is 29.4 Å². The summed E-state index contributed by atoms with van der Waals surface area (Å²) in [6.07, 6.45) is 7.08. The molecule has 12 heteroatoms. The van der Waals surface area contributed by atoms with E-state index in [-0.39, 0.29) is 0 Å². The minimum atomic E-state index is 0.360. The molecule has 0 radical (unpaired) electrons. The smallest absolute Gasteiger partial charge is 0.208 e. The zero-order valence-corrected chi connectivity index (χ0v) is 18.7. The van der Waals surface area contributed by atoms with E-state index in [9.17, 15) is 0 Å². The molecule has 0 bridgehead atoms. The van der Waals surface area contributed by atoms with E-state index in [2.05, 4.69) is 30.2 Å². The molecule has 1 saturated carbocycles. The minimum absolute atomic E-state index is 0.360. The van der Waals surface area contributed by atoms with Crippen molar-refractivity contribution in [1.82, 2.24) is 44.1 Å². The van der Waals surface area contributed by atoms with Gasteiger partial charge in [-0.3, -0.25) is 9.25 Å². The second-order valence-electron chi connectivity index (χ2n) is 7.96. The van der Waals surface area contributed by atoms with Crippen LogP contribution in [0.4, 0.5) is 11.9 Å². The highest BCUT2D eigenvalue weighted by molar-refractivity contribution is 5.81. The summed E-state index contributed by atoms with van der Waals surface area (Å²) in [6, 6.07) is 6.06. The quantitative estimate of drug-likeness (QED) is 0.423. The Kier molecular flexibility index (Phi) is 5.04. The van der Waals surface area contributed by atoms with Gasteiger partial charge < -0.3 is 16.2 Å². The first kappa shape index (κ1) is 20.7. The van der Waals surface area contributed by atoms with Crippen LogP contribution in [0.15, 0.2) is 30.6 Å². The van der Waals surface area contributed by atoms with Crippen LogP contribution in [0.25, 0.3) is 28.1 Å². The van der Waals surface area contributed by atoms with E-state index in [1.807, 2.05) is 23.6 Å². The normalized spacial score (nSPS) is 13.7. The second-order valence-corrected chi connectivity index (χ2v) is 7.96. The fraction of sp³-hybridized carbons (Fsp3) is 0.333. The number of fused-ring (bicyclic) bond motifs is 2. The first-order valence-electron chi connectivity index (χ1n) is 10.6. The predicted molar refractivity (Wildman–Crippen MR) is 124 cm³/mol. The number of aryl methyl sites for hydroxylation is 2. The van der Waals surface area contributed by atoms with Gasteiger partial charge in [-0.2, -0.15) is 0 Å². The van der Waals surface area contributed by atoms with Gasteiger partial charge in [-0.25, -0.2) is 24.5 Å². The van der Waals surface area contributed by atoms with E-state index in [4.69, 9.17) is 16.2 Å². The van der Waals surface area contributed by atoms with Gasteiger partial charge in [-0.15, -0.1) is 5.10 Å². The summed E-state index contributed by atoms with van der Waals surface area (Å²) < 4.78 is 10.6. The van der Waals surface area contributed by atoms with Crippen LogP contribution >= 0.6 is 0 Å². The second kappa shape index (κ2) is 8.04. The molecule has 1 fully saturated rings. The number of ether oxygens (including phenoxy) is 1. The molecule has 0 unspecified atom stereocenters. The summed E-state index contributed by atoms with van der Waals surface area (Å²) in [4.78, 5) is 17.4. The molecule has 5 heterocycles. The molecule has 12 nitrogen and oxygen atoms in total. The molecule has 1 aliphatic rings. The number of nitrogen functional groups attached to an aromatic ring is 2. The number of aromatic nitrogens is 9. The molecule has 0 atom stereocenters. The van der Waals surface area contributed by atoms with E-state index in [1.165, 1.54) is 6.42 Å². The maximum atomic E-state index is 5.94. The highest BCUT2D eigenvalue weighted by Gasteiger charge is 2.25. The Labute approximate surface area is 189 Å². The van der Waals surface area contributed by atoms with Crippen molar-refractivity contribution in [1.29, 1.82) is 0 Å². The van der Waals surface area contributed by atoms with Gasteiger partial charge in [0, 0.05) is 31.0 Å². The number of imidazole rings is 2. The van der Waals surface area contributed by atoms with Crippen LogP contribution in [0.3, 0.4) is 0 Å². The van der Waals surface area contributed by atoms with Gasteiger partial charge in [0.1, 0.15) is 11.3 Å². The molecule has 0 amide bonds. The summed E-state index contributed by atoms with van der Waals surface area (Å²) in [7, 11) is 3.43. The highest BCUT2D eigenvalue weighted by Crippen LogP contribution is 2.37. The van der Waals surface area contributed by atoms with Crippen LogP contribution < -0.4 is 16.2 Å². The number of nitrogens with two attached hydrogens (primary N) is 2. The molecular formula is C21H25N11O. The molecule has 1 aliphatic carbocycles. The van der Waals surface area contributed by atoms with Gasteiger partial charge in [-0.05, 0) is 38.3 Å². The van der Waals surface area contributed by atoms with Crippen molar-refractivity contribution < 1.29 is 4.74 Å². The molecule has 6 rings (SSSR count). The molecule has 0 aliphatic heterocycles. The summed E-state index contributed by atoms with van der Waals surface area (Å²) in [5, 5.41) is 7.89. The number of nitrogens with zero attached hydrogens (tertiary/aromatic N) is 9. The number of pyridine rings is 2. The third kappa shape index (κ3) is 3.58. The Hall–Kier alpha value is -4.22. The maximum Gasteiger partial charge on any atom is 0.208 e. The van der Waals surface area contributed by atoms with E-state index >= 15 is 0 Å². The number of methoxy groups -OCH3 is 1. The average Bonchev–Trinajstić information content (AvgIpc) is 3.42. The third-order valence-corrected chi connectivity index (χ3v) is 5.72. The Bertz CT molecular complexity index is 1440. The lowest BCUT2D eigenvalue weighted by Crippen LogP contribution is -2.18. The molecule has 4 N–H and O–H groups in total. The fourth-order valence-electron chi connectivity index (χ4n) is 3.89. The molecule has 0 saturated heterocycles. The number of hydrogen-bond donors (Lipinski definition) is 2. The molecule has 0 spiro atoms. The lowest BCUT2D eigenvalue weighted by atomic mass is 9.93. The lowest BCUT2D eigenvalue weighted by molar-refractivity contribution is 0.322. The summed E-state index contributed by atoms with van der Waals surface area (Å²) in [6.45, 7) is 1.92. The lowest BCUT2D eigenvalue weighted by Gasteiger charge is -2.27. The molecule has 33 heavy (non-hydrogen) atoms. The third-order valence-electron chi connectivity index (χ3n) is 5.72. The summed E-state index contributed by atoms with van der Waals surface area (Å²) in [5.74, 6) is 2.25.